The van der Waals surface area contributed by atoms with Crippen molar-refractivity contribution < 1.29 is 52.7 Å². The lowest BCUT2D eigenvalue weighted by molar-refractivity contribution is -0.144. The standard InChI is InChI=1S/C65H36F12N6/c66-62(67,68)44-24-26-46(51(34-44)64(72,73)74)41-21-28-55-48(31-41)49-32-42(47-27-25-45(63(69,70)71)35-52(47)65(75,76)77)22-29-56(49)83(55)57-30-23-43(60-78-53(37-13-5-1-6-14-37)36-54(79-60)38-15-7-2-8-16-38)33-50(57)61-81-58(39-17-9-3-10-18-39)80-59(82-61)40-19-11-4-12-20-40/h1-36H. The molecule has 12 aromatic rings. The molecule has 0 atom stereocenters. The Morgan fingerprint density at radius 2 is 0.639 bits per heavy atom. The van der Waals surface area contributed by atoms with Gasteiger partial charge in [0.2, 0.25) is 0 Å². The van der Waals surface area contributed by atoms with Gasteiger partial charge in [0, 0.05) is 44.2 Å². The van der Waals surface area contributed by atoms with E-state index in [9.17, 15) is 52.7 Å². The number of benzene rings is 9. The maximum Gasteiger partial charge on any atom is 0.417 e. The summed E-state index contributed by atoms with van der Waals surface area (Å²) in [5, 5.41) is 0.194. The number of fused-ring (bicyclic) bond motifs is 3. The summed E-state index contributed by atoms with van der Waals surface area (Å²) in [4.78, 5) is 25.1. The van der Waals surface area contributed by atoms with Gasteiger partial charge in [-0.25, -0.2) is 24.9 Å². The average Bonchev–Trinajstić information content (AvgIpc) is 2.02. The molecule has 12 rings (SSSR count). The van der Waals surface area contributed by atoms with Gasteiger partial charge in [0.1, 0.15) is 0 Å². The van der Waals surface area contributed by atoms with E-state index in [0.29, 0.717) is 63.6 Å². The first-order valence-corrected chi connectivity index (χ1v) is 25.3. The zero-order chi connectivity index (χ0) is 58.0. The van der Waals surface area contributed by atoms with Crippen LogP contribution in [0.2, 0.25) is 0 Å². The fraction of sp³-hybridized carbons (Fsp3) is 0.0615. The molecule has 83 heavy (non-hydrogen) atoms. The third kappa shape index (κ3) is 10.5. The van der Waals surface area contributed by atoms with Crippen LogP contribution in [0.5, 0.6) is 0 Å². The topological polar surface area (TPSA) is 69.4 Å². The van der Waals surface area contributed by atoms with Gasteiger partial charge < -0.3 is 4.57 Å². The molecule has 6 nitrogen and oxygen atoms in total. The first-order valence-electron chi connectivity index (χ1n) is 25.3. The number of rotatable bonds is 9. The molecule has 0 saturated heterocycles. The number of aromatic nitrogens is 6. The third-order valence-electron chi connectivity index (χ3n) is 14.0. The van der Waals surface area contributed by atoms with Gasteiger partial charge in [0.05, 0.1) is 50.4 Å². The summed E-state index contributed by atoms with van der Waals surface area (Å²) in [6, 6.07) is 54.4. The molecule has 3 heterocycles. The fourth-order valence-electron chi connectivity index (χ4n) is 10.1. The van der Waals surface area contributed by atoms with E-state index in [0.717, 1.165) is 11.1 Å². The van der Waals surface area contributed by atoms with E-state index in [4.69, 9.17) is 24.9 Å². The molecule has 0 amide bonds. The van der Waals surface area contributed by atoms with Gasteiger partial charge in [-0.2, -0.15) is 52.7 Å². The summed E-state index contributed by atoms with van der Waals surface area (Å²) in [5.41, 5.74) is -2.59. The third-order valence-corrected chi connectivity index (χ3v) is 14.0. The van der Waals surface area contributed by atoms with E-state index in [1.807, 2.05) is 103 Å². The molecular weight excluding hydrogens is 1090 g/mol. The van der Waals surface area contributed by atoms with E-state index in [2.05, 4.69) is 0 Å². The van der Waals surface area contributed by atoms with Crippen LogP contribution in [0.1, 0.15) is 22.3 Å². The van der Waals surface area contributed by atoms with E-state index < -0.39 is 58.1 Å². The van der Waals surface area contributed by atoms with Crippen molar-refractivity contribution in [3.63, 3.8) is 0 Å². The van der Waals surface area contributed by atoms with E-state index in [1.54, 1.807) is 47.0 Å². The first kappa shape index (κ1) is 53.7. The summed E-state index contributed by atoms with van der Waals surface area (Å²) in [6.45, 7) is 0. The van der Waals surface area contributed by atoms with Gasteiger partial charge in [-0.05, 0) is 95.1 Å². The molecule has 3 aromatic heterocycles. The minimum atomic E-state index is -5.30. The number of nitrogens with zero attached hydrogens (tertiary/aromatic N) is 6. The largest absolute Gasteiger partial charge is 0.417 e. The molecule has 0 aliphatic carbocycles. The minimum absolute atomic E-state index is 0.00219. The Kier molecular flexibility index (Phi) is 13.3. The highest BCUT2D eigenvalue weighted by atomic mass is 19.4. The lowest BCUT2D eigenvalue weighted by Gasteiger charge is -2.17. The average molecular weight is 1130 g/mol. The zero-order valence-electron chi connectivity index (χ0n) is 42.5. The molecule has 0 spiro atoms. The molecule has 0 aliphatic rings. The predicted octanol–water partition coefficient (Wildman–Crippen LogP) is 19.2. The van der Waals surface area contributed by atoms with Crippen LogP contribution in [-0.4, -0.2) is 29.5 Å². The Balaban J connectivity index is 1.17. The van der Waals surface area contributed by atoms with Crippen molar-refractivity contribution in [2.45, 2.75) is 24.7 Å². The Morgan fingerprint density at radius 1 is 0.265 bits per heavy atom. The molecule has 0 radical (unpaired) electrons. The molecule has 0 aliphatic heterocycles. The monoisotopic (exact) mass is 1130 g/mol. The highest BCUT2D eigenvalue weighted by Crippen LogP contribution is 2.47. The van der Waals surface area contributed by atoms with Crippen LogP contribution in [0, 0.1) is 0 Å². The van der Waals surface area contributed by atoms with Crippen molar-refractivity contribution in [2.24, 2.45) is 0 Å². The van der Waals surface area contributed by atoms with Gasteiger partial charge >= 0.3 is 24.7 Å². The lowest BCUT2D eigenvalue weighted by atomic mass is 9.94. The van der Waals surface area contributed by atoms with Gasteiger partial charge in [-0.1, -0.05) is 146 Å². The number of halogens is 12. The minimum Gasteiger partial charge on any atom is -0.308 e. The van der Waals surface area contributed by atoms with E-state index >= 15 is 0 Å². The number of hydrogen-bond donors (Lipinski definition) is 0. The van der Waals surface area contributed by atoms with Crippen LogP contribution in [0.25, 0.3) is 118 Å². The molecule has 410 valence electrons. The van der Waals surface area contributed by atoms with Crippen LogP contribution >= 0.6 is 0 Å². The van der Waals surface area contributed by atoms with Gasteiger partial charge in [-0.15, -0.1) is 0 Å². The van der Waals surface area contributed by atoms with Crippen molar-refractivity contribution in [3.05, 3.63) is 241 Å². The molecule has 0 N–H and O–H groups in total. The van der Waals surface area contributed by atoms with E-state index in [-0.39, 0.29) is 68.4 Å². The summed E-state index contributed by atoms with van der Waals surface area (Å²) in [6.07, 6.45) is -20.9. The molecule has 0 unspecified atom stereocenters. The van der Waals surface area contributed by atoms with Crippen LogP contribution in [0.3, 0.4) is 0 Å². The summed E-state index contributed by atoms with van der Waals surface area (Å²) < 4.78 is 175. The SMILES string of the molecule is FC(F)(F)c1ccc(-c2ccc3c(c2)c2cc(-c4ccc(C(F)(F)F)cc4C(F)(F)F)ccc2n3-c2ccc(-c3nc(-c4ccccc4)cc(-c4ccccc4)n3)cc2-c2nc(-c3ccccc3)nc(-c3ccccc3)n2)c(C(F)(F)F)c1. The maximum atomic E-state index is 14.9. The van der Waals surface area contributed by atoms with Crippen LogP contribution in [-0.2, 0) is 24.7 Å². The maximum absolute atomic E-state index is 14.9. The number of hydrogen-bond acceptors (Lipinski definition) is 5. The Morgan fingerprint density at radius 3 is 1.04 bits per heavy atom. The van der Waals surface area contributed by atoms with Crippen molar-refractivity contribution in [2.75, 3.05) is 0 Å². The Labute approximate surface area is 463 Å². The second-order valence-corrected chi connectivity index (χ2v) is 19.3. The van der Waals surface area contributed by atoms with E-state index in [1.165, 1.54) is 36.4 Å². The van der Waals surface area contributed by atoms with Gasteiger partial charge in [0.25, 0.3) is 0 Å². The van der Waals surface area contributed by atoms with Crippen LogP contribution in [0.15, 0.2) is 218 Å². The Bertz CT molecular complexity index is 4180. The predicted molar refractivity (Wildman–Crippen MR) is 293 cm³/mol. The fourth-order valence-corrected chi connectivity index (χ4v) is 10.1. The lowest BCUT2D eigenvalue weighted by Crippen LogP contribution is -2.12. The van der Waals surface area contributed by atoms with Crippen LogP contribution < -0.4 is 0 Å². The summed E-state index contributed by atoms with van der Waals surface area (Å²) in [5.74, 6) is 0.874. The molecule has 18 heteroatoms. The normalized spacial score (nSPS) is 12.3. The number of alkyl halides is 12. The Hall–Kier alpha value is -9.97. The van der Waals surface area contributed by atoms with Crippen molar-refractivity contribution >= 4 is 21.8 Å². The molecule has 0 bridgehead atoms. The van der Waals surface area contributed by atoms with Crippen molar-refractivity contribution in [1.82, 2.24) is 29.5 Å². The summed E-state index contributed by atoms with van der Waals surface area (Å²) in [7, 11) is 0. The second kappa shape index (κ2) is 20.5. The highest BCUT2D eigenvalue weighted by Gasteiger charge is 2.40. The van der Waals surface area contributed by atoms with Crippen LogP contribution in [0.4, 0.5) is 52.7 Å². The second-order valence-electron chi connectivity index (χ2n) is 19.3. The van der Waals surface area contributed by atoms with Gasteiger partial charge in [-0.3, -0.25) is 0 Å². The van der Waals surface area contributed by atoms with Gasteiger partial charge in [0.15, 0.2) is 23.3 Å². The first-order chi connectivity index (χ1) is 39.7. The molecular formula is C65H36F12N6. The quantitative estimate of drug-likeness (QED) is 0.135. The molecule has 0 fully saturated rings. The summed E-state index contributed by atoms with van der Waals surface area (Å²) >= 11 is 0. The van der Waals surface area contributed by atoms with Crippen molar-refractivity contribution in [1.29, 1.82) is 0 Å². The smallest absolute Gasteiger partial charge is 0.308 e. The highest BCUT2D eigenvalue weighted by molar-refractivity contribution is 6.12. The van der Waals surface area contributed by atoms with Crippen molar-refractivity contribution in [3.8, 4) is 96.0 Å². The zero-order valence-corrected chi connectivity index (χ0v) is 42.5. The molecule has 9 aromatic carbocycles. The molecule has 0 saturated carbocycles.